The van der Waals surface area contributed by atoms with Crippen LogP contribution >= 0.6 is 0 Å². The van der Waals surface area contributed by atoms with Crippen LogP contribution in [0.5, 0.6) is 0 Å². The number of benzene rings is 1. The second-order valence-corrected chi connectivity index (χ2v) is 5.41. The molecule has 0 aliphatic carbocycles. The summed E-state index contributed by atoms with van der Waals surface area (Å²) in [7, 11) is 0. The van der Waals surface area contributed by atoms with E-state index in [4.69, 9.17) is 9.26 Å². The molecule has 3 aromatic rings. The average molecular weight is 323 g/mol. The minimum atomic E-state index is 0.542. The third-order valence-electron chi connectivity index (χ3n) is 3.77. The van der Waals surface area contributed by atoms with Gasteiger partial charge in [-0.05, 0) is 6.07 Å². The molecule has 0 atom stereocenters. The zero-order valence-electron chi connectivity index (χ0n) is 13.1. The molecule has 1 aliphatic rings. The second-order valence-electron chi connectivity index (χ2n) is 5.41. The van der Waals surface area contributed by atoms with Gasteiger partial charge in [-0.25, -0.2) is 4.98 Å². The lowest BCUT2D eigenvalue weighted by molar-refractivity contribution is 0.122. The van der Waals surface area contributed by atoms with Crippen molar-refractivity contribution in [2.45, 2.75) is 0 Å². The Kier molecular flexibility index (Phi) is 4.07. The molecule has 1 aliphatic heterocycles. The predicted molar refractivity (Wildman–Crippen MR) is 90.3 cm³/mol. The quantitative estimate of drug-likeness (QED) is 0.791. The van der Waals surface area contributed by atoms with Crippen LogP contribution in [0, 0.1) is 0 Å². The van der Waals surface area contributed by atoms with Crippen molar-refractivity contribution < 1.29 is 9.26 Å². The normalized spacial score (nSPS) is 14.6. The molecule has 7 heteroatoms. The molecule has 7 nitrogen and oxygen atoms in total. The monoisotopic (exact) mass is 323 g/mol. The highest BCUT2D eigenvalue weighted by Crippen LogP contribution is 2.23. The van der Waals surface area contributed by atoms with Gasteiger partial charge in [-0.1, -0.05) is 35.5 Å². The number of morpholine rings is 1. The number of hydrogen-bond donors (Lipinski definition) is 1. The number of nitrogens with zero attached hydrogens (tertiary/aromatic N) is 4. The van der Waals surface area contributed by atoms with Crippen LogP contribution in [0.25, 0.3) is 11.3 Å². The van der Waals surface area contributed by atoms with Gasteiger partial charge in [0.05, 0.1) is 13.2 Å². The first-order valence-electron chi connectivity index (χ1n) is 7.83. The Morgan fingerprint density at radius 2 is 1.88 bits per heavy atom. The number of nitrogens with one attached hydrogen (secondary N) is 1. The van der Waals surface area contributed by atoms with Gasteiger partial charge >= 0.3 is 0 Å². The first-order valence-corrected chi connectivity index (χ1v) is 7.83. The second kappa shape index (κ2) is 6.67. The SMILES string of the molecule is c1ccc(-c2cc(Nc3ccnc(N4CCOCC4)n3)on2)cc1. The van der Waals surface area contributed by atoms with Crippen LogP contribution in [0.2, 0.25) is 0 Å². The van der Waals surface area contributed by atoms with Crippen molar-refractivity contribution in [1.82, 2.24) is 15.1 Å². The number of ether oxygens (including phenoxy) is 1. The molecular weight excluding hydrogens is 306 g/mol. The zero-order chi connectivity index (χ0) is 16.2. The van der Waals surface area contributed by atoms with E-state index in [-0.39, 0.29) is 0 Å². The summed E-state index contributed by atoms with van der Waals surface area (Å²) in [5.74, 6) is 1.90. The van der Waals surface area contributed by atoms with Crippen molar-refractivity contribution in [2.24, 2.45) is 0 Å². The number of anilines is 3. The van der Waals surface area contributed by atoms with Crippen LogP contribution in [-0.4, -0.2) is 41.4 Å². The average Bonchev–Trinajstić information content (AvgIpc) is 3.12. The van der Waals surface area contributed by atoms with Crippen LogP contribution in [0.15, 0.2) is 53.2 Å². The molecule has 24 heavy (non-hydrogen) atoms. The first-order chi connectivity index (χ1) is 11.9. The summed E-state index contributed by atoms with van der Waals surface area (Å²) >= 11 is 0. The molecule has 4 rings (SSSR count). The van der Waals surface area contributed by atoms with Gasteiger partial charge in [-0.15, -0.1) is 0 Å². The highest BCUT2D eigenvalue weighted by atomic mass is 16.5. The minimum absolute atomic E-state index is 0.542. The molecule has 0 bridgehead atoms. The van der Waals surface area contributed by atoms with E-state index in [2.05, 4.69) is 25.3 Å². The van der Waals surface area contributed by atoms with E-state index in [9.17, 15) is 0 Å². The van der Waals surface area contributed by atoms with Crippen LogP contribution in [0.4, 0.5) is 17.7 Å². The molecular formula is C17H17N5O2. The van der Waals surface area contributed by atoms with Crippen LogP contribution in [0.1, 0.15) is 0 Å². The van der Waals surface area contributed by atoms with Gasteiger partial charge < -0.3 is 19.5 Å². The maximum atomic E-state index is 5.36. The van der Waals surface area contributed by atoms with E-state index in [1.165, 1.54) is 0 Å². The fourth-order valence-corrected chi connectivity index (χ4v) is 2.54. The summed E-state index contributed by atoms with van der Waals surface area (Å²) in [5, 5.41) is 7.22. The third kappa shape index (κ3) is 3.21. The van der Waals surface area contributed by atoms with E-state index in [1.807, 2.05) is 36.4 Å². The van der Waals surface area contributed by atoms with Gasteiger partial charge in [0.25, 0.3) is 0 Å². The molecule has 1 saturated heterocycles. The molecule has 3 heterocycles. The van der Waals surface area contributed by atoms with Crippen molar-refractivity contribution in [3.8, 4) is 11.3 Å². The Balaban J connectivity index is 1.50. The first kappa shape index (κ1) is 14.6. The fourth-order valence-electron chi connectivity index (χ4n) is 2.54. The van der Waals surface area contributed by atoms with Crippen molar-refractivity contribution in [3.05, 3.63) is 48.7 Å². The fraction of sp³-hybridized carbons (Fsp3) is 0.235. The van der Waals surface area contributed by atoms with Crippen LogP contribution < -0.4 is 10.2 Å². The molecule has 1 N–H and O–H groups in total. The standard InChI is InChI=1S/C17H17N5O2/c1-2-4-13(5-3-1)14-12-16(24-21-14)19-15-6-7-18-17(20-15)22-8-10-23-11-9-22/h1-7,12H,8-11H2,(H,18,19,20). The molecule has 1 aromatic carbocycles. The molecule has 122 valence electrons. The Morgan fingerprint density at radius 3 is 2.71 bits per heavy atom. The summed E-state index contributed by atoms with van der Waals surface area (Å²) in [6, 6.07) is 13.5. The van der Waals surface area contributed by atoms with Crippen molar-refractivity contribution in [3.63, 3.8) is 0 Å². The minimum Gasteiger partial charge on any atom is -0.378 e. The molecule has 1 fully saturated rings. The smallest absolute Gasteiger partial charge is 0.230 e. The van der Waals surface area contributed by atoms with Gasteiger partial charge in [0.15, 0.2) is 0 Å². The molecule has 0 spiro atoms. The van der Waals surface area contributed by atoms with Gasteiger partial charge in [0.1, 0.15) is 11.5 Å². The molecule has 0 unspecified atom stereocenters. The van der Waals surface area contributed by atoms with Crippen LogP contribution in [0.3, 0.4) is 0 Å². The van der Waals surface area contributed by atoms with E-state index in [1.54, 1.807) is 12.3 Å². The van der Waals surface area contributed by atoms with E-state index in [0.29, 0.717) is 30.9 Å². The van der Waals surface area contributed by atoms with Crippen molar-refractivity contribution in [2.75, 3.05) is 36.5 Å². The summed E-state index contributed by atoms with van der Waals surface area (Å²) in [5.41, 5.74) is 1.78. The van der Waals surface area contributed by atoms with Gasteiger partial charge in [0.2, 0.25) is 11.8 Å². The van der Waals surface area contributed by atoms with E-state index < -0.39 is 0 Å². The highest BCUT2D eigenvalue weighted by molar-refractivity contribution is 5.63. The van der Waals surface area contributed by atoms with Gasteiger partial charge in [-0.3, -0.25) is 0 Å². The summed E-state index contributed by atoms with van der Waals surface area (Å²) in [6.45, 7) is 2.99. The maximum Gasteiger partial charge on any atom is 0.230 e. The topological polar surface area (TPSA) is 76.3 Å². The maximum absolute atomic E-state index is 5.36. The largest absolute Gasteiger partial charge is 0.378 e. The Labute approximate surface area is 139 Å². The van der Waals surface area contributed by atoms with Crippen LogP contribution in [-0.2, 0) is 4.74 Å². The van der Waals surface area contributed by atoms with E-state index >= 15 is 0 Å². The molecule has 0 saturated carbocycles. The lowest BCUT2D eigenvalue weighted by Crippen LogP contribution is -2.37. The number of aromatic nitrogens is 3. The van der Waals surface area contributed by atoms with Crippen molar-refractivity contribution >= 4 is 17.7 Å². The van der Waals surface area contributed by atoms with E-state index in [0.717, 1.165) is 24.3 Å². The summed E-state index contributed by atoms with van der Waals surface area (Å²) < 4.78 is 10.7. The number of rotatable bonds is 4. The Morgan fingerprint density at radius 1 is 1.04 bits per heavy atom. The zero-order valence-corrected chi connectivity index (χ0v) is 13.1. The summed E-state index contributed by atoms with van der Waals surface area (Å²) in [6.07, 6.45) is 1.73. The molecule has 2 aromatic heterocycles. The summed E-state index contributed by atoms with van der Waals surface area (Å²) in [4.78, 5) is 11.0. The Bertz CT molecular complexity index is 800. The van der Waals surface area contributed by atoms with Gasteiger partial charge in [-0.2, -0.15) is 4.98 Å². The lowest BCUT2D eigenvalue weighted by Gasteiger charge is -2.26. The molecule has 0 radical (unpaired) electrons. The lowest BCUT2D eigenvalue weighted by atomic mass is 10.2. The predicted octanol–water partition coefficient (Wildman–Crippen LogP) is 2.71. The number of hydrogen-bond acceptors (Lipinski definition) is 7. The van der Waals surface area contributed by atoms with Crippen molar-refractivity contribution in [1.29, 1.82) is 0 Å². The Hall–Kier alpha value is -2.93. The van der Waals surface area contributed by atoms with Gasteiger partial charge in [0, 0.05) is 30.9 Å². The highest BCUT2D eigenvalue weighted by Gasteiger charge is 2.14. The molecule has 0 amide bonds. The third-order valence-corrected chi connectivity index (χ3v) is 3.77.